The molecule has 2 aromatic heterocycles. The van der Waals surface area contributed by atoms with Gasteiger partial charge in [-0.25, -0.2) is 15.0 Å². The summed E-state index contributed by atoms with van der Waals surface area (Å²) in [4.78, 5) is 19.4. The number of hydrogen-bond donors (Lipinski definition) is 0. The summed E-state index contributed by atoms with van der Waals surface area (Å²) < 4.78 is 0. The fraction of sp³-hybridized carbons (Fsp3) is 0.0256. The smallest absolute Gasteiger partial charge is 0.164 e. The van der Waals surface area contributed by atoms with Crippen LogP contribution in [0.3, 0.4) is 0 Å². The molecule has 4 heteroatoms. The Labute approximate surface area is 250 Å². The van der Waals surface area contributed by atoms with Crippen molar-refractivity contribution < 1.29 is 0 Å². The Morgan fingerprint density at radius 3 is 1.60 bits per heavy atom. The van der Waals surface area contributed by atoms with E-state index >= 15 is 0 Å². The highest BCUT2D eigenvalue weighted by Gasteiger charge is 2.14. The molecule has 0 radical (unpaired) electrons. The first-order valence-corrected chi connectivity index (χ1v) is 14.1. The van der Waals surface area contributed by atoms with Gasteiger partial charge in [0, 0.05) is 22.9 Å². The van der Waals surface area contributed by atoms with Crippen molar-refractivity contribution in [3.63, 3.8) is 0 Å². The van der Waals surface area contributed by atoms with Gasteiger partial charge in [0.1, 0.15) is 0 Å². The van der Waals surface area contributed by atoms with Crippen molar-refractivity contribution in [2.24, 2.45) is 0 Å². The monoisotopic (exact) mass is 550 g/mol. The number of pyridine rings is 1. The molecule has 0 aliphatic carbocycles. The third-order valence-electron chi connectivity index (χ3n) is 7.69. The fourth-order valence-electron chi connectivity index (χ4n) is 5.38. The van der Waals surface area contributed by atoms with Crippen LogP contribution in [0.1, 0.15) is 11.3 Å². The Balaban J connectivity index is 1.34. The summed E-state index contributed by atoms with van der Waals surface area (Å²) in [6.07, 6.45) is 10.8. The normalized spacial score (nSPS) is 11.3. The zero-order valence-corrected chi connectivity index (χ0v) is 23.6. The van der Waals surface area contributed by atoms with Crippen LogP contribution in [-0.2, 0) is 0 Å². The zero-order chi connectivity index (χ0) is 29.2. The van der Waals surface area contributed by atoms with Crippen LogP contribution in [0.15, 0.2) is 128 Å². The second-order valence-corrected chi connectivity index (χ2v) is 10.4. The van der Waals surface area contributed by atoms with Crippen molar-refractivity contribution in [3.8, 4) is 57.6 Å². The molecule has 0 spiro atoms. The summed E-state index contributed by atoms with van der Waals surface area (Å²) in [5.74, 6) is 4.43. The SMILES string of the molecule is C#C/C=C\c1nccc(-c2ccc(-c3nc(-c4ccc5ccccc5c4)nc(-c4ccc5ccccc5c4)n3)cc2)c1C. The molecule has 5 aromatic carbocycles. The van der Waals surface area contributed by atoms with Crippen molar-refractivity contribution >= 4 is 27.6 Å². The summed E-state index contributed by atoms with van der Waals surface area (Å²) in [5.41, 5.74) is 6.91. The molecular formula is C39H26N4. The molecule has 4 nitrogen and oxygen atoms in total. The van der Waals surface area contributed by atoms with Gasteiger partial charge in [0.2, 0.25) is 0 Å². The molecule has 0 saturated heterocycles. The van der Waals surface area contributed by atoms with Crippen LogP contribution in [0.5, 0.6) is 0 Å². The molecule has 0 amide bonds. The Morgan fingerprint density at radius 1 is 0.558 bits per heavy atom. The standard InChI is InChI=1S/C39H26N4/c1-3-4-13-36-26(2)35(22-23-40-36)29-16-18-30(19-17-29)37-41-38(33-20-14-27-9-5-7-11-31(27)24-33)43-39(42-37)34-21-15-28-10-6-8-12-32(28)25-34/h1,4-25H,2H3/b13-4-. The molecule has 0 N–H and O–H groups in total. The van der Waals surface area contributed by atoms with Crippen LogP contribution in [0.25, 0.3) is 72.9 Å². The molecule has 7 rings (SSSR count). The summed E-state index contributed by atoms with van der Waals surface area (Å²) in [6, 6.07) is 39.6. The number of aromatic nitrogens is 4. The zero-order valence-electron chi connectivity index (χ0n) is 23.6. The number of hydrogen-bond acceptors (Lipinski definition) is 4. The number of benzene rings is 5. The van der Waals surface area contributed by atoms with Crippen molar-refractivity contribution in [3.05, 3.63) is 139 Å². The summed E-state index contributed by atoms with van der Waals surface area (Å²) in [5, 5.41) is 4.64. The van der Waals surface area contributed by atoms with Gasteiger partial charge in [-0.05, 0) is 75.5 Å². The Kier molecular flexibility index (Phi) is 6.75. The van der Waals surface area contributed by atoms with E-state index in [9.17, 15) is 0 Å². The summed E-state index contributed by atoms with van der Waals surface area (Å²) in [6.45, 7) is 2.06. The van der Waals surface area contributed by atoms with Crippen molar-refractivity contribution in [2.45, 2.75) is 6.92 Å². The number of terminal acetylenes is 1. The lowest BCUT2D eigenvalue weighted by Crippen LogP contribution is -2.00. The lowest BCUT2D eigenvalue weighted by molar-refractivity contribution is 1.08. The number of allylic oxidation sites excluding steroid dienone is 1. The molecule has 0 unspecified atom stereocenters. The van der Waals surface area contributed by atoms with E-state index in [4.69, 9.17) is 21.4 Å². The summed E-state index contributed by atoms with van der Waals surface area (Å²) in [7, 11) is 0. The third-order valence-corrected chi connectivity index (χ3v) is 7.69. The minimum atomic E-state index is 0.622. The van der Waals surface area contributed by atoms with E-state index in [1.165, 1.54) is 10.8 Å². The number of nitrogens with zero attached hydrogens (tertiary/aromatic N) is 4. The second kappa shape index (κ2) is 11.2. The van der Waals surface area contributed by atoms with E-state index in [0.29, 0.717) is 17.5 Å². The molecule has 0 aliphatic heterocycles. The molecule has 7 aromatic rings. The van der Waals surface area contributed by atoms with Gasteiger partial charge in [-0.1, -0.05) is 103 Å². The maximum Gasteiger partial charge on any atom is 0.164 e. The van der Waals surface area contributed by atoms with Crippen LogP contribution >= 0.6 is 0 Å². The second-order valence-electron chi connectivity index (χ2n) is 10.4. The van der Waals surface area contributed by atoms with Crippen molar-refractivity contribution in [2.75, 3.05) is 0 Å². The minimum Gasteiger partial charge on any atom is -0.257 e. The molecule has 0 aliphatic rings. The largest absolute Gasteiger partial charge is 0.257 e. The lowest BCUT2D eigenvalue weighted by atomic mass is 9.98. The first kappa shape index (κ1) is 26.0. The molecule has 0 bridgehead atoms. The highest BCUT2D eigenvalue weighted by molar-refractivity contribution is 5.88. The van der Waals surface area contributed by atoms with E-state index in [2.05, 4.69) is 103 Å². The molecule has 0 saturated carbocycles. The molecule has 202 valence electrons. The number of fused-ring (bicyclic) bond motifs is 2. The Hall–Kier alpha value is -5.92. The van der Waals surface area contributed by atoms with Gasteiger partial charge < -0.3 is 0 Å². The van der Waals surface area contributed by atoms with Gasteiger partial charge >= 0.3 is 0 Å². The van der Waals surface area contributed by atoms with Gasteiger partial charge in [-0.2, -0.15) is 0 Å². The highest BCUT2D eigenvalue weighted by atomic mass is 15.0. The van der Waals surface area contributed by atoms with Crippen molar-refractivity contribution in [1.29, 1.82) is 0 Å². The van der Waals surface area contributed by atoms with E-state index in [1.807, 2.05) is 42.6 Å². The lowest BCUT2D eigenvalue weighted by Gasteiger charge is -2.11. The van der Waals surface area contributed by atoms with E-state index in [1.54, 1.807) is 6.08 Å². The summed E-state index contributed by atoms with van der Waals surface area (Å²) >= 11 is 0. The third kappa shape index (κ3) is 5.16. The minimum absolute atomic E-state index is 0.622. The van der Waals surface area contributed by atoms with Gasteiger partial charge in [-0.3, -0.25) is 4.98 Å². The molecule has 0 fully saturated rings. The topological polar surface area (TPSA) is 51.6 Å². The predicted molar refractivity (Wildman–Crippen MR) is 177 cm³/mol. The van der Waals surface area contributed by atoms with Crippen molar-refractivity contribution in [1.82, 2.24) is 19.9 Å². The Morgan fingerprint density at radius 2 is 1.05 bits per heavy atom. The van der Waals surface area contributed by atoms with Gasteiger partial charge in [0.25, 0.3) is 0 Å². The first-order chi connectivity index (χ1) is 21.2. The van der Waals surface area contributed by atoms with E-state index < -0.39 is 0 Å². The Bertz CT molecular complexity index is 2110. The predicted octanol–water partition coefficient (Wildman–Crippen LogP) is 9.20. The van der Waals surface area contributed by atoms with Gasteiger partial charge in [0.15, 0.2) is 17.5 Å². The van der Waals surface area contributed by atoms with Crippen LogP contribution in [-0.4, -0.2) is 19.9 Å². The fourth-order valence-corrected chi connectivity index (χ4v) is 5.38. The maximum absolute atomic E-state index is 5.41. The molecule has 43 heavy (non-hydrogen) atoms. The van der Waals surface area contributed by atoms with Gasteiger partial charge in [-0.15, -0.1) is 6.42 Å². The van der Waals surface area contributed by atoms with Crippen LogP contribution in [0.2, 0.25) is 0 Å². The quantitative estimate of drug-likeness (QED) is 0.201. The van der Waals surface area contributed by atoms with Crippen LogP contribution < -0.4 is 0 Å². The number of rotatable bonds is 5. The first-order valence-electron chi connectivity index (χ1n) is 14.1. The average molecular weight is 551 g/mol. The molecule has 2 heterocycles. The van der Waals surface area contributed by atoms with Gasteiger partial charge in [0.05, 0.1) is 5.69 Å². The van der Waals surface area contributed by atoms with Crippen LogP contribution in [0, 0.1) is 19.3 Å². The van der Waals surface area contributed by atoms with Crippen LogP contribution in [0.4, 0.5) is 0 Å². The highest BCUT2D eigenvalue weighted by Crippen LogP contribution is 2.31. The maximum atomic E-state index is 5.41. The molecule has 0 atom stereocenters. The van der Waals surface area contributed by atoms with E-state index in [-0.39, 0.29) is 0 Å². The van der Waals surface area contributed by atoms with E-state index in [0.717, 1.165) is 49.8 Å². The molecular weight excluding hydrogens is 524 g/mol. The average Bonchev–Trinajstić information content (AvgIpc) is 3.07.